The topological polar surface area (TPSA) is 86.2 Å². The van der Waals surface area contributed by atoms with E-state index in [0.717, 1.165) is 0 Å². The van der Waals surface area contributed by atoms with E-state index in [9.17, 15) is 9.59 Å². The van der Waals surface area contributed by atoms with Crippen molar-refractivity contribution in [2.24, 2.45) is 5.10 Å². The molecule has 0 aromatic heterocycles. The summed E-state index contributed by atoms with van der Waals surface area (Å²) in [5, 5.41) is 4.55. The lowest BCUT2D eigenvalue weighted by Gasteiger charge is -2.12. The molecule has 0 bridgehead atoms. The maximum atomic E-state index is 12.6. The van der Waals surface area contributed by atoms with E-state index in [1.54, 1.807) is 31.2 Å². The van der Waals surface area contributed by atoms with E-state index in [1.165, 1.54) is 23.9 Å². The Morgan fingerprint density at radius 1 is 0.972 bits per heavy atom. The summed E-state index contributed by atoms with van der Waals surface area (Å²) >= 11 is 12.0. The molecular weight excluding hydrogens is 503 g/mol. The lowest BCUT2D eigenvalue weighted by Crippen LogP contribution is -2.24. The van der Waals surface area contributed by atoms with Crippen LogP contribution in [0.5, 0.6) is 17.2 Å². The third-order valence-corrected chi connectivity index (χ3v) is 5.49. The van der Waals surface area contributed by atoms with Crippen molar-refractivity contribution in [3.63, 3.8) is 0 Å². The van der Waals surface area contributed by atoms with Crippen LogP contribution >= 0.6 is 23.2 Å². The van der Waals surface area contributed by atoms with Crippen LogP contribution in [0, 0.1) is 0 Å². The average Bonchev–Trinajstić information content (AvgIpc) is 2.84. The number of carbonyl (C=O) groups excluding carboxylic acids is 2. The molecule has 1 amide bonds. The second-order valence-corrected chi connectivity index (χ2v) is 8.80. The van der Waals surface area contributed by atoms with Crippen LogP contribution in [0.2, 0.25) is 10.0 Å². The SMILES string of the molecule is CCOc1cc(/C=N\NC(=O)COc2ccc(C(C)C)cc2)ccc1OC(=O)c1ccc(Cl)cc1Cl. The predicted molar refractivity (Wildman–Crippen MR) is 141 cm³/mol. The second kappa shape index (κ2) is 13.0. The minimum Gasteiger partial charge on any atom is -0.490 e. The molecule has 3 aromatic rings. The largest absolute Gasteiger partial charge is 0.490 e. The Bertz CT molecular complexity index is 1240. The van der Waals surface area contributed by atoms with Crippen molar-refractivity contribution in [3.05, 3.63) is 87.4 Å². The molecule has 0 radical (unpaired) electrons. The van der Waals surface area contributed by atoms with Gasteiger partial charge in [-0.05, 0) is 72.5 Å². The Labute approximate surface area is 220 Å². The highest BCUT2D eigenvalue weighted by Gasteiger charge is 2.16. The minimum absolute atomic E-state index is 0.176. The average molecular weight is 529 g/mol. The van der Waals surface area contributed by atoms with E-state index in [0.29, 0.717) is 34.6 Å². The fourth-order valence-electron chi connectivity index (χ4n) is 3.08. The number of hydrazone groups is 1. The predicted octanol–water partition coefficient (Wildman–Crippen LogP) is 6.26. The molecule has 0 saturated carbocycles. The van der Waals surface area contributed by atoms with Crippen LogP contribution in [0.15, 0.2) is 65.8 Å². The van der Waals surface area contributed by atoms with Gasteiger partial charge < -0.3 is 14.2 Å². The lowest BCUT2D eigenvalue weighted by atomic mass is 10.0. The molecule has 0 fully saturated rings. The van der Waals surface area contributed by atoms with Crippen LogP contribution in [0.4, 0.5) is 0 Å². The van der Waals surface area contributed by atoms with Gasteiger partial charge >= 0.3 is 5.97 Å². The van der Waals surface area contributed by atoms with E-state index < -0.39 is 11.9 Å². The summed E-state index contributed by atoms with van der Waals surface area (Å²) in [5.41, 5.74) is 4.40. The van der Waals surface area contributed by atoms with Gasteiger partial charge in [0.15, 0.2) is 18.1 Å². The zero-order chi connectivity index (χ0) is 26.1. The molecule has 7 nitrogen and oxygen atoms in total. The van der Waals surface area contributed by atoms with Crippen LogP contribution in [-0.2, 0) is 4.79 Å². The molecular formula is C27H26Cl2N2O5. The Morgan fingerprint density at radius 2 is 1.72 bits per heavy atom. The summed E-state index contributed by atoms with van der Waals surface area (Å²) in [7, 11) is 0. The number of benzene rings is 3. The Hall–Kier alpha value is -3.55. The first-order valence-electron chi connectivity index (χ1n) is 11.3. The monoisotopic (exact) mass is 528 g/mol. The zero-order valence-corrected chi connectivity index (χ0v) is 21.6. The van der Waals surface area contributed by atoms with Gasteiger partial charge in [0.1, 0.15) is 5.75 Å². The maximum Gasteiger partial charge on any atom is 0.345 e. The quantitative estimate of drug-likeness (QED) is 0.145. The van der Waals surface area contributed by atoms with Crippen molar-refractivity contribution in [1.29, 1.82) is 0 Å². The third-order valence-electron chi connectivity index (χ3n) is 4.94. The first-order chi connectivity index (χ1) is 17.3. The number of hydrogen-bond donors (Lipinski definition) is 1. The van der Waals surface area contributed by atoms with Gasteiger partial charge in [-0.25, -0.2) is 10.2 Å². The van der Waals surface area contributed by atoms with Crippen LogP contribution in [-0.4, -0.2) is 31.3 Å². The number of esters is 1. The van der Waals surface area contributed by atoms with Gasteiger partial charge in [0, 0.05) is 5.02 Å². The fraction of sp³-hybridized carbons (Fsp3) is 0.222. The number of carbonyl (C=O) groups is 2. The van der Waals surface area contributed by atoms with Crippen molar-refractivity contribution >= 4 is 41.3 Å². The number of nitrogens with zero attached hydrogens (tertiary/aromatic N) is 1. The van der Waals surface area contributed by atoms with Crippen LogP contribution in [0.25, 0.3) is 0 Å². The van der Waals surface area contributed by atoms with Crippen molar-refractivity contribution in [2.75, 3.05) is 13.2 Å². The Morgan fingerprint density at radius 3 is 2.39 bits per heavy atom. The summed E-state index contributed by atoms with van der Waals surface area (Å²) < 4.78 is 16.6. The number of ether oxygens (including phenoxy) is 3. The Balaban J connectivity index is 1.58. The van der Waals surface area contributed by atoms with Gasteiger partial charge in [-0.15, -0.1) is 0 Å². The first-order valence-corrected chi connectivity index (χ1v) is 12.0. The molecule has 36 heavy (non-hydrogen) atoms. The van der Waals surface area contributed by atoms with Crippen molar-refractivity contribution in [2.45, 2.75) is 26.7 Å². The van der Waals surface area contributed by atoms with E-state index in [4.69, 9.17) is 37.4 Å². The van der Waals surface area contributed by atoms with E-state index in [2.05, 4.69) is 24.4 Å². The molecule has 0 atom stereocenters. The lowest BCUT2D eigenvalue weighted by molar-refractivity contribution is -0.123. The minimum atomic E-state index is -0.648. The van der Waals surface area contributed by atoms with Crippen LogP contribution in [0.1, 0.15) is 48.2 Å². The second-order valence-electron chi connectivity index (χ2n) is 7.96. The standard InChI is InChI=1S/C27H26Cl2N2O5/c1-4-34-25-13-18(5-12-24(25)36-27(33)22-11-8-20(28)14-23(22)29)15-30-31-26(32)16-35-21-9-6-19(7-10-21)17(2)3/h5-15,17H,4,16H2,1-3H3,(H,31,32)/b30-15-. The van der Waals surface area contributed by atoms with Gasteiger partial charge in [0.2, 0.25) is 0 Å². The molecule has 0 aliphatic heterocycles. The summed E-state index contributed by atoms with van der Waals surface area (Å²) in [4.78, 5) is 24.6. The number of halogens is 2. The highest BCUT2D eigenvalue weighted by molar-refractivity contribution is 6.36. The number of nitrogens with one attached hydrogen (secondary N) is 1. The molecule has 3 rings (SSSR count). The molecule has 0 aliphatic carbocycles. The number of amides is 1. The Kier molecular flexibility index (Phi) is 9.73. The van der Waals surface area contributed by atoms with Gasteiger partial charge in [-0.2, -0.15) is 5.10 Å². The van der Waals surface area contributed by atoms with Crippen molar-refractivity contribution in [1.82, 2.24) is 5.43 Å². The zero-order valence-electron chi connectivity index (χ0n) is 20.1. The number of rotatable bonds is 10. The molecule has 0 heterocycles. The van der Waals surface area contributed by atoms with Crippen LogP contribution < -0.4 is 19.6 Å². The van der Waals surface area contributed by atoms with E-state index >= 15 is 0 Å². The maximum absolute atomic E-state index is 12.6. The molecule has 0 aliphatic rings. The van der Waals surface area contributed by atoms with Gasteiger partial charge in [0.25, 0.3) is 5.91 Å². The van der Waals surface area contributed by atoms with Crippen LogP contribution in [0.3, 0.4) is 0 Å². The van der Waals surface area contributed by atoms with E-state index in [1.807, 2.05) is 24.3 Å². The molecule has 1 N–H and O–H groups in total. The third kappa shape index (κ3) is 7.73. The molecule has 0 unspecified atom stereocenters. The smallest absolute Gasteiger partial charge is 0.345 e. The molecule has 188 valence electrons. The molecule has 3 aromatic carbocycles. The van der Waals surface area contributed by atoms with Gasteiger partial charge in [-0.3, -0.25) is 4.79 Å². The summed E-state index contributed by atoms with van der Waals surface area (Å²) in [6, 6.07) is 17.0. The van der Waals surface area contributed by atoms with Crippen molar-refractivity contribution < 1.29 is 23.8 Å². The summed E-state index contributed by atoms with van der Waals surface area (Å²) in [5.74, 6) is 0.512. The first kappa shape index (κ1) is 27.0. The summed E-state index contributed by atoms with van der Waals surface area (Å²) in [6.45, 7) is 6.19. The highest BCUT2D eigenvalue weighted by atomic mass is 35.5. The van der Waals surface area contributed by atoms with Gasteiger partial charge in [-0.1, -0.05) is 49.2 Å². The number of hydrogen-bond acceptors (Lipinski definition) is 6. The molecule has 0 spiro atoms. The molecule has 9 heteroatoms. The fourth-order valence-corrected chi connectivity index (χ4v) is 3.56. The van der Waals surface area contributed by atoms with Gasteiger partial charge in [0.05, 0.1) is 23.4 Å². The molecule has 0 saturated heterocycles. The van der Waals surface area contributed by atoms with E-state index in [-0.39, 0.29) is 22.9 Å². The highest BCUT2D eigenvalue weighted by Crippen LogP contribution is 2.30. The normalized spacial score (nSPS) is 10.9. The summed E-state index contributed by atoms with van der Waals surface area (Å²) in [6.07, 6.45) is 1.44. The van der Waals surface area contributed by atoms with Crippen molar-refractivity contribution in [3.8, 4) is 17.2 Å².